The van der Waals surface area contributed by atoms with E-state index in [1.54, 1.807) is 7.11 Å². The van der Waals surface area contributed by atoms with Crippen LogP contribution in [0.15, 0.2) is 23.2 Å². The first kappa shape index (κ1) is 21.3. The summed E-state index contributed by atoms with van der Waals surface area (Å²) in [7, 11) is 3.62. The minimum Gasteiger partial charge on any atom is -0.496 e. The molecule has 2 aliphatic rings. The Balaban J connectivity index is 0.00000243. The second-order valence-electron chi connectivity index (χ2n) is 7.16. The van der Waals surface area contributed by atoms with Crippen LogP contribution < -0.4 is 10.1 Å². The number of nitrogens with one attached hydrogen (secondary N) is 1. The highest BCUT2D eigenvalue weighted by atomic mass is 127. The number of methoxy groups -OCH3 is 1. The number of aliphatic imine (C=N–C) groups is 1. The highest BCUT2D eigenvalue weighted by molar-refractivity contribution is 14.0. The number of halogens is 1. The smallest absolute Gasteiger partial charge is 0.193 e. The van der Waals surface area contributed by atoms with Crippen LogP contribution in [0.4, 0.5) is 0 Å². The number of nitrogens with zero attached hydrogens (tertiary/aromatic N) is 3. The van der Waals surface area contributed by atoms with E-state index >= 15 is 0 Å². The molecule has 2 fully saturated rings. The van der Waals surface area contributed by atoms with Gasteiger partial charge in [0.05, 0.1) is 7.11 Å². The van der Waals surface area contributed by atoms with E-state index in [2.05, 4.69) is 45.2 Å². The van der Waals surface area contributed by atoms with Gasteiger partial charge in [-0.25, -0.2) is 0 Å². The molecule has 5 nitrogen and oxygen atoms in total. The highest BCUT2D eigenvalue weighted by Gasteiger charge is 2.30. The molecule has 1 atom stereocenters. The quantitative estimate of drug-likeness (QED) is 0.407. The summed E-state index contributed by atoms with van der Waals surface area (Å²) < 4.78 is 5.42. The van der Waals surface area contributed by atoms with Crippen molar-refractivity contribution in [2.24, 2.45) is 4.99 Å². The lowest BCUT2D eigenvalue weighted by Gasteiger charge is -2.25. The third-order valence-corrected chi connectivity index (χ3v) is 5.50. The van der Waals surface area contributed by atoms with E-state index in [1.807, 2.05) is 7.05 Å². The van der Waals surface area contributed by atoms with Gasteiger partial charge in [-0.2, -0.15) is 0 Å². The van der Waals surface area contributed by atoms with Gasteiger partial charge in [-0.05, 0) is 62.9 Å². The maximum absolute atomic E-state index is 5.42. The summed E-state index contributed by atoms with van der Waals surface area (Å²) in [5, 5.41) is 3.54. The molecule has 0 spiro atoms. The van der Waals surface area contributed by atoms with Gasteiger partial charge in [0.1, 0.15) is 5.75 Å². The fourth-order valence-electron chi connectivity index (χ4n) is 4.01. The van der Waals surface area contributed by atoms with Crippen LogP contribution in [-0.2, 0) is 6.42 Å². The number of rotatable bonds is 5. The van der Waals surface area contributed by atoms with E-state index in [1.165, 1.54) is 43.5 Å². The summed E-state index contributed by atoms with van der Waals surface area (Å²) in [6.45, 7) is 7.74. The van der Waals surface area contributed by atoms with Gasteiger partial charge in [-0.15, -0.1) is 24.0 Å². The van der Waals surface area contributed by atoms with Crippen LogP contribution in [0.1, 0.15) is 30.4 Å². The van der Waals surface area contributed by atoms with Gasteiger partial charge in [0.25, 0.3) is 0 Å². The Kier molecular flexibility index (Phi) is 8.47. The average Bonchev–Trinajstić information content (AvgIpc) is 3.31. The molecule has 2 heterocycles. The predicted octanol–water partition coefficient (Wildman–Crippen LogP) is 2.91. The molecule has 0 amide bonds. The summed E-state index contributed by atoms with van der Waals surface area (Å²) in [6, 6.07) is 7.16. The number of hydrogen-bond acceptors (Lipinski definition) is 3. The molecule has 1 N–H and O–H groups in total. The Hall–Kier alpha value is -1.02. The van der Waals surface area contributed by atoms with Crippen molar-refractivity contribution >= 4 is 29.9 Å². The minimum atomic E-state index is 0. The lowest BCUT2D eigenvalue weighted by atomic mass is 10.1. The van der Waals surface area contributed by atoms with Crippen molar-refractivity contribution in [2.45, 2.75) is 38.6 Å². The van der Waals surface area contributed by atoms with Crippen LogP contribution in [0.25, 0.3) is 0 Å². The number of hydrogen-bond donors (Lipinski definition) is 1. The van der Waals surface area contributed by atoms with Gasteiger partial charge < -0.3 is 15.0 Å². The van der Waals surface area contributed by atoms with Gasteiger partial charge in [0, 0.05) is 32.7 Å². The second-order valence-corrected chi connectivity index (χ2v) is 7.16. The monoisotopic (exact) mass is 472 g/mol. The van der Waals surface area contributed by atoms with Crippen LogP contribution in [-0.4, -0.2) is 68.7 Å². The van der Waals surface area contributed by atoms with E-state index in [4.69, 9.17) is 4.74 Å². The summed E-state index contributed by atoms with van der Waals surface area (Å²) >= 11 is 0. The van der Waals surface area contributed by atoms with Crippen molar-refractivity contribution in [1.29, 1.82) is 0 Å². The summed E-state index contributed by atoms with van der Waals surface area (Å²) in [6.07, 6.45) is 4.96. The molecule has 1 unspecified atom stereocenters. The number of aryl methyl sites for hydroxylation is 1. The van der Waals surface area contributed by atoms with Crippen molar-refractivity contribution in [3.05, 3.63) is 29.3 Å². The Labute approximate surface area is 175 Å². The molecule has 0 aromatic heterocycles. The average molecular weight is 472 g/mol. The number of likely N-dealkylation sites (tertiary alicyclic amines) is 2. The topological polar surface area (TPSA) is 40.1 Å². The van der Waals surface area contributed by atoms with Crippen LogP contribution in [0.2, 0.25) is 0 Å². The van der Waals surface area contributed by atoms with Gasteiger partial charge >= 0.3 is 0 Å². The zero-order chi connectivity index (χ0) is 17.6. The molecule has 2 aliphatic heterocycles. The van der Waals surface area contributed by atoms with Crippen molar-refractivity contribution in [3.63, 3.8) is 0 Å². The molecular weight excluding hydrogens is 439 g/mol. The molecule has 0 bridgehead atoms. The first-order valence-corrected chi connectivity index (χ1v) is 9.54. The molecule has 146 valence electrons. The molecule has 1 aromatic rings. The van der Waals surface area contributed by atoms with E-state index in [0.29, 0.717) is 6.04 Å². The van der Waals surface area contributed by atoms with E-state index < -0.39 is 0 Å². The standard InChI is InChI=1S/C20H32N4O.HI/c1-16-6-7-17(14-19(16)25-3)8-10-22-20(21-2)24-13-9-18(15-24)23-11-4-5-12-23;/h6-7,14,18H,4-5,8-13,15H2,1-3H3,(H,21,22);1H. The number of benzene rings is 1. The molecule has 0 radical (unpaired) electrons. The Morgan fingerprint density at radius 2 is 2.04 bits per heavy atom. The van der Waals surface area contributed by atoms with E-state index in [9.17, 15) is 0 Å². The largest absolute Gasteiger partial charge is 0.496 e. The fraction of sp³-hybridized carbons (Fsp3) is 0.650. The minimum absolute atomic E-state index is 0. The van der Waals surface area contributed by atoms with Crippen LogP contribution in [0, 0.1) is 6.92 Å². The molecular formula is C20H33IN4O. The van der Waals surface area contributed by atoms with Crippen LogP contribution in [0.5, 0.6) is 5.75 Å². The Bertz CT molecular complexity index is 601. The van der Waals surface area contributed by atoms with E-state index in [0.717, 1.165) is 37.8 Å². The molecule has 0 aliphatic carbocycles. The molecule has 2 saturated heterocycles. The molecule has 1 aromatic carbocycles. The SMILES string of the molecule is CN=C(NCCc1ccc(C)c(OC)c1)N1CCC(N2CCCC2)C1.I. The van der Waals surface area contributed by atoms with Gasteiger partial charge in [-0.1, -0.05) is 12.1 Å². The van der Waals surface area contributed by atoms with Crippen LogP contribution >= 0.6 is 24.0 Å². The fourth-order valence-corrected chi connectivity index (χ4v) is 4.01. The first-order valence-electron chi connectivity index (χ1n) is 9.54. The third kappa shape index (κ3) is 5.25. The zero-order valence-electron chi connectivity index (χ0n) is 16.3. The summed E-state index contributed by atoms with van der Waals surface area (Å²) in [4.78, 5) is 9.57. The van der Waals surface area contributed by atoms with Gasteiger partial charge in [-0.3, -0.25) is 9.89 Å². The molecule has 26 heavy (non-hydrogen) atoms. The van der Waals surface area contributed by atoms with Gasteiger partial charge in [0.2, 0.25) is 0 Å². The van der Waals surface area contributed by atoms with Crippen molar-refractivity contribution in [2.75, 3.05) is 46.9 Å². The molecule has 3 rings (SSSR count). The molecule has 6 heteroatoms. The molecule has 0 saturated carbocycles. The summed E-state index contributed by atoms with van der Waals surface area (Å²) in [5.74, 6) is 2.01. The van der Waals surface area contributed by atoms with Crippen molar-refractivity contribution < 1.29 is 4.74 Å². The van der Waals surface area contributed by atoms with Crippen molar-refractivity contribution in [3.8, 4) is 5.75 Å². The zero-order valence-corrected chi connectivity index (χ0v) is 18.7. The number of guanidine groups is 1. The lowest BCUT2D eigenvalue weighted by molar-refractivity contribution is 0.249. The summed E-state index contributed by atoms with van der Waals surface area (Å²) in [5.41, 5.74) is 2.47. The van der Waals surface area contributed by atoms with Crippen LogP contribution in [0.3, 0.4) is 0 Å². The Morgan fingerprint density at radius 3 is 2.73 bits per heavy atom. The first-order chi connectivity index (χ1) is 12.2. The second kappa shape index (κ2) is 10.3. The Morgan fingerprint density at radius 1 is 1.27 bits per heavy atom. The predicted molar refractivity (Wildman–Crippen MR) is 119 cm³/mol. The van der Waals surface area contributed by atoms with E-state index in [-0.39, 0.29) is 24.0 Å². The maximum atomic E-state index is 5.42. The third-order valence-electron chi connectivity index (χ3n) is 5.50. The van der Waals surface area contributed by atoms with Gasteiger partial charge in [0.15, 0.2) is 5.96 Å². The highest BCUT2D eigenvalue weighted by Crippen LogP contribution is 2.21. The van der Waals surface area contributed by atoms with Crippen molar-refractivity contribution in [1.82, 2.24) is 15.1 Å². The maximum Gasteiger partial charge on any atom is 0.193 e. The lowest BCUT2D eigenvalue weighted by Crippen LogP contribution is -2.43. The number of ether oxygens (including phenoxy) is 1. The normalized spacial score (nSPS) is 21.0.